The minimum Gasteiger partial charge on any atom is -1.00 e. The second-order valence-corrected chi connectivity index (χ2v) is 17.0. The summed E-state index contributed by atoms with van der Waals surface area (Å²) in [6.45, 7) is 5.17. The number of nitrogens with zero attached hydrogens (tertiary/aromatic N) is 2. The van der Waals surface area contributed by atoms with Crippen LogP contribution in [0.15, 0.2) is 61.0 Å². The lowest BCUT2D eigenvalue weighted by molar-refractivity contribution is -0.902. The van der Waals surface area contributed by atoms with Gasteiger partial charge in [0, 0.05) is 79.1 Å². The van der Waals surface area contributed by atoms with Crippen molar-refractivity contribution in [2.75, 3.05) is 14.1 Å². The van der Waals surface area contributed by atoms with Gasteiger partial charge in [0.1, 0.15) is 12.2 Å². The third-order valence-corrected chi connectivity index (χ3v) is 12.7. The Hall–Kier alpha value is -4.38. The molecule has 4 heterocycles. The van der Waals surface area contributed by atoms with Crippen molar-refractivity contribution in [1.29, 1.82) is 0 Å². The molecule has 0 amide bonds. The van der Waals surface area contributed by atoms with E-state index in [9.17, 15) is 28.8 Å². The number of halogens is 2. The molecule has 0 saturated carbocycles. The number of hydrogen-bond donors (Lipinski definition) is 0. The first-order valence-corrected chi connectivity index (χ1v) is 21.0. The maximum absolute atomic E-state index is 13.0. The summed E-state index contributed by atoms with van der Waals surface area (Å²) in [5, 5.41) is 0. The number of quaternary nitrogens is 2. The SMILES string of the molecule is CC(=O)Oc1ccc(CC=C[N+]2(C)[C@@H]3CC[C@H]2CC(OC(=O)CCC(=O)OC2C[C@H]4CC[C@@H](C2)[N+]4(C)C=CCc2ccc(OC(C)=O)c(OC(C)=O)c2)C3)cc1OC(C)=O.[Br-].[Br-]. The highest BCUT2D eigenvalue weighted by Gasteiger charge is 2.52. The molecule has 14 nitrogen and oxygen atoms in total. The molecular formula is C46H58Br2N2O12. The molecule has 4 aliphatic heterocycles. The average Bonchev–Trinajstić information content (AvgIpc) is 3.39. The minimum atomic E-state index is -0.504. The van der Waals surface area contributed by atoms with Crippen LogP contribution < -0.4 is 52.9 Å². The first-order chi connectivity index (χ1) is 28.5. The van der Waals surface area contributed by atoms with Crippen LogP contribution >= 0.6 is 0 Å². The number of ether oxygens (including phenoxy) is 6. The summed E-state index contributed by atoms with van der Waals surface area (Å²) in [5.41, 5.74) is 1.80. The molecule has 0 spiro atoms. The molecule has 4 aliphatic rings. The average molecular weight is 991 g/mol. The summed E-state index contributed by atoms with van der Waals surface area (Å²) in [6, 6.07) is 11.5. The van der Waals surface area contributed by atoms with E-state index in [-0.39, 0.29) is 93.9 Å². The maximum Gasteiger partial charge on any atom is 0.308 e. The van der Waals surface area contributed by atoms with E-state index in [2.05, 4.69) is 38.6 Å². The van der Waals surface area contributed by atoms with Gasteiger partial charge in [0.15, 0.2) is 23.0 Å². The normalized spacial score (nSPS) is 27.1. The Kier molecular flexibility index (Phi) is 17.7. The van der Waals surface area contributed by atoms with Crippen molar-refractivity contribution >= 4 is 35.8 Å². The van der Waals surface area contributed by atoms with Crippen LogP contribution in [0.4, 0.5) is 0 Å². The summed E-state index contributed by atoms with van der Waals surface area (Å²) >= 11 is 0. The van der Waals surface area contributed by atoms with Gasteiger partial charge in [0.05, 0.1) is 63.5 Å². The smallest absolute Gasteiger partial charge is 0.308 e. The summed E-state index contributed by atoms with van der Waals surface area (Å²) in [6.07, 6.45) is 16.5. The van der Waals surface area contributed by atoms with Gasteiger partial charge >= 0.3 is 35.8 Å². The van der Waals surface area contributed by atoms with Gasteiger partial charge in [-0.25, -0.2) is 0 Å². The number of carbonyl (C=O) groups is 6. The monoisotopic (exact) mass is 988 g/mol. The Morgan fingerprint density at radius 3 is 1.13 bits per heavy atom. The van der Waals surface area contributed by atoms with Crippen LogP contribution in [0.3, 0.4) is 0 Å². The highest BCUT2D eigenvalue weighted by molar-refractivity contribution is 5.78. The minimum absolute atomic E-state index is 0. The largest absolute Gasteiger partial charge is 1.00 e. The molecule has 4 saturated heterocycles. The van der Waals surface area contributed by atoms with Crippen LogP contribution in [0, 0.1) is 0 Å². The molecule has 0 aromatic heterocycles. The molecule has 8 atom stereocenters. The molecule has 4 fully saturated rings. The molecule has 2 aromatic rings. The predicted octanol–water partition coefficient (Wildman–Crippen LogP) is 0.355. The molecule has 2 aromatic carbocycles. The summed E-state index contributed by atoms with van der Waals surface area (Å²) in [4.78, 5) is 72.2. The van der Waals surface area contributed by atoms with E-state index in [1.165, 1.54) is 27.7 Å². The Morgan fingerprint density at radius 1 is 0.516 bits per heavy atom. The fraction of sp³-hybridized carbons (Fsp3) is 0.522. The zero-order valence-electron chi connectivity index (χ0n) is 36.3. The van der Waals surface area contributed by atoms with Gasteiger partial charge in [-0.15, -0.1) is 0 Å². The number of benzene rings is 2. The Morgan fingerprint density at radius 2 is 0.823 bits per heavy atom. The number of rotatable bonds is 15. The van der Waals surface area contributed by atoms with Crippen molar-refractivity contribution in [2.24, 2.45) is 0 Å². The lowest BCUT2D eigenvalue weighted by atomic mass is 9.97. The van der Waals surface area contributed by atoms with Crippen LogP contribution in [0.25, 0.3) is 0 Å². The zero-order chi connectivity index (χ0) is 43.2. The van der Waals surface area contributed by atoms with Gasteiger partial charge in [-0.2, -0.15) is 0 Å². The molecule has 4 unspecified atom stereocenters. The van der Waals surface area contributed by atoms with E-state index in [1.807, 2.05) is 12.1 Å². The molecule has 0 radical (unpaired) electrons. The Labute approximate surface area is 384 Å². The number of carbonyl (C=O) groups excluding carboxylic acids is 6. The summed E-state index contributed by atoms with van der Waals surface area (Å²) in [5.74, 6) is -1.96. The van der Waals surface area contributed by atoms with Crippen LogP contribution in [-0.4, -0.2) is 95.3 Å². The van der Waals surface area contributed by atoms with Gasteiger partial charge in [-0.1, -0.05) is 12.1 Å². The predicted molar refractivity (Wildman–Crippen MR) is 217 cm³/mol. The first-order valence-electron chi connectivity index (χ1n) is 21.0. The Bertz CT molecular complexity index is 1880. The third-order valence-electron chi connectivity index (χ3n) is 12.7. The molecule has 4 bridgehead atoms. The van der Waals surface area contributed by atoms with E-state index < -0.39 is 23.9 Å². The quantitative estimate of drug-likeness (QED) is 0.137. The van der Waals surface area contributed by atoms with Gasteiger partial charge in [-0.05, 0) is 60.4 Å². The van der Waals surface area contributed by atoms with Crippen LogP contribution in [-0.2, 0) is 51.1 Å². The van der Waals surface area contributed by atoms with E-state index in [0.29, 0.717) is 37.0 Å². The molecule has 0 N–H and O–H groups in total. The van der Waals surface area contributed by atoms with Gasteiger partial charge in [-0.3, -0.25) is 37.7 Å². The molecule has 0 aliphatic carbocycles. The summed E-state index contributed by atoms with van der Waals surface area (Å²) < 4.78 is 34.3. The first kappa shape index (κ1) is 50.3. The van der Waals surface area contributed by atoms with Gasteiger partial charge < -0.3 is 62.4 Å². The van der Waals surface area contributed by atoms with E-state index in [4.69, 9.17) is 28.4 Å². The highest BCUT2D eigenvalue weighted by atomic mass is 79.9. The molecule has 338 valence electrons. The number of allylic oxidation sites excluding steroid dienone is 2. The topological polar surface area (TPSA) is 158 Å². The van der Waals surface area contributed by atoms with Crippen molar-refractivity contribution in [3.63, 3.8) is 0 Å². The van der Waals surface area contributed by atoms with Gasteiger partial charge in [0.2, 0.25) is 0 Å². The van der Waals surface area contributed by atoms with Crippen molar-refractivity contribution in [1.82, 2.24) is 0 Å². The molecule has 16 heteroatoms. The molecule has 6 rings (SSSR count). The lowest BCUT2D eigenvalue weighted by Gasteiger charge is -2.44. The second-order valence-electron chi connectivity index (χ2n) is 17.0. The van der Waals surface area contributed by atoms with Crippen molar-refractivity contribution in [2.45, 2.75) is 141 Å². The summed E-state index contributed by atoms with van der Waals surface area (Å²) in [7, 11) is 4.43. The number of esters is 6. The van der Waals surface area contributed by atoms with Crippen molar-refractivity contribution in [3.05, 3.63) is 72.1 Å². The van der Waals surface area contributed by atoms with Crippen LogP contribution in [0.2, 0.25) is 0 Å². The number of piperidine rings is 2. The van der Waals surface area contributed by atoms with Crippen LogP contribution in [0.1, 0.15) is 103 Å². The van der Waals surface area contributed by atoms with E-state index >= 15 is 0 Å². The molecule has 62 heavy (non-hydrogen) atoms. The third kappa shape index (κ3) is 12.6. The van der Waals surface area contributed by atoms with Gasteiger partial charge in [0.25, 0.3) is 0 Å². The van der Waals surface area contributed by atoms with Crippen LogP contribution in [0.5, 0.6) is 23.0 Å². The number of hydrogen-bond acceptors (Lipinski definition) is 12. The van der Waals surface area contributed by atoms with E-state index in [1.54, 1.807) is 24.3 Å². The van der Waals surface area contributed by atoms with Crippen molar-refractivity contribution in [3.8, 4) is 23.0 Å². The standard InChI is InChI=1S/C46H58N2O12.2BrH/c1-29(49)55-41-17-11-33(23-43(41)57-31(3)51)9-7-21-47(5)35-13-14-36(47)26-39(25-35)59-45(53)19-20-46(54)60-40-27-37-15-16-38(28-40)48(37,6)22-8-10-34-12-18-42(56-30(2)50)44(24-34)58-32(4)52;;/h7-8,11-12,17-18,21-24,35-40H,9-10,13-16,19-20,25-28H2,1-6H3;2*1H/q+2;;/p-2/t35-,36+,37-,38+,39?,40?,47?,48?;;. The zero-order valence-corrected chi connectivity index (χ0v) is 39.4. The molecular weight excluding hydrogens is 932 g/mol. The van der Waals surface area contributed by atoms with Crippen molar-refractivity contribution < 1.29 is 100 Å². The lowest BCUT2D eigenvalue weighted by Crippen LogP contribution is -3.00. The van der Waals surface area contributed by atoms with E-state index in [0.717, 1.165) is 71.5 Å². The Balaban J connectivity index is 0.00000422. The highest BCUT2D eigenvalue weighted by Crippen LogP contribution is 2.44. The maximum atomic E-state index is 13.0. The number of fused-ring (bicyclic) bond motifs is 4. The fourth-order valence-electron chi connectivity index (χ4n) is 9.78. The second kappa shape index (κ2) is 21.8. The fourth-order valence-corrected chi connectivity index (χ4v) is 9.78.